The molecule has 6 nitrogen and oxygen atoms in total. The van der Waals surface area contributed by atoms with Crippen LogP contribution < -0.4 is 20.7 Å². The summed E-state index contributed by atoms with van der Waals surface area (Å²) in [5.74, 6) is -0.0419. The first-order chi connectivity index (χ1) is 14.3. The lowest BCUT2D eigenvalue weighted by Gasteiger charge is -2.29. The number of carbonyl (C=O) groups is 2. The van der Waals surface area contributed by atoms with E-state index in [-0.39, 0.29) is 17.9 Å². The Balaban J connectivity index is 1.72. The predicted molar refractivity (Wildman–Crippen MR) is 118 cm³/mol. The van der Waals surface area contributed by atoms with Crippen LogP contribution in [0.2, 0.25) is 5.02 Å². The SMILES string of the molecule is COc1ccc(Cl)cc1NC(=O)[C@H]1C[C@H](CC(C)C)N[C@]12C(=O)Nc1ccccc12. The highest BCUT2D eigenvalue weighted by molar-refractivity contribution is 6.31. The Morgan fingerprint density at radius 3 is 2.80 bits per heavy atom. The summed E-state index contributed by atoms with van der Waals surface area (Å²) in [6.45, 7) is 4.28. The Hall–Kier alpha value is -2.57. The average molecular weight is 428 g/mol. The van der Waals surface area contributed by atoms with Crippen LogP contribution in [0.3, 0.4) is 0 Å². The van der Waals surface area contributed by atoms with E-state index in [0.717, 1.165) is 17.7 Å². The molecule has 2 aliphatic heterocycles. The van der Waals surface area contributed by atoms with Crippen molar-refractivity contribution in [3.8, 4) is 5.75 Å². The summed E-state index contributed by atoms with van der Waals surface area (Å²) < 4.78 is 5.36. The maximum atomic E-state index is 13.5. The van der Waals surface area contributed by atoms with Crippen LogP contribution in [0.1, 0.15) is 32.3 Å². The summed E-state index contributed by atoms with van der Waals surface area (Å²) in [6, 6.07) is 12.7. The normalized spacial score (nSPS) is 24.8. The fourth-order valence-corrected chi connectivity index (χ4v) is 4.91. The summed E-state index contributed by atoms with van der Waals surface area (Å²) in [5, 5.41) is 9.93. The lowest BCUT2D eigenvalue weighted by Crippen LogP contribution is -2.52. The van der Waals surface area contributed by atoms with Gasteiger partial charge < -0.3 is 15.4 Å². The van der Waals surface area contributed by atoms with Crippen LogP contribution >= 0.6 is 11.6 Å². The van der Waals surface area contributed by atoms with Gasteiger partial charge in [-0.25, -0.2) is 0 Å². The van der Waals surface area contributed by atoms with Crippen molar-refractivity contribution in [1.82, 2.24) is 5.32 Å². The number of carbonyl (C=O) groups excluding carboxylic acids is 2. The van der Waals surface area contributed by atoms with Crippen molar-refractivity contribution in [2.45, 2.75) is 38.3 Å². The Labute approximate surface area is 181 Å². The van der Waals surface area contributed by atoms with Crippen LogP contribution in [-0.4, -0.2) is 25.0 Å². The van der Waals surface area contributed by atoms with E-state index in [0.29, 0.717) is 28.8 Å². The molecule has 3 N–H and O–H groups in total. The summed E-state index contributed by atoms with van der Waals surface area (Å²) in [5.41, 5.74) is 0.966. The molecule has 2 heterocycles. The number of nitrogens with one attached hydrogen (secondary N) is 3. The summed E-state index contributed by atoms with van der Waals surface area (Å²) in [6.07, 6.45) is 1.44. The third-order valence-corrected chi connectivity index (χ3v) is 6.16. The fraction of sp³-hybridized carbons (Fsp3) is 0.391. The maximum absolute atomic E-state index is 13.5. The first-order valence-electron chi connectivity index (χ1n) is 10.2. The lowest BCUT2D eigenvalue weighted by molar-refractivity contribution is -0.130. The number of rotatable bonds is 5. The van der Waals surface area contributed by atoms with E-state index in [1.165, 1.54) is 7.11 Å². The Bertz CT molecular complexity index is 993. The Kier molecular flexibility index (Phi) is 5.47. The molecule has 1 saturated heterocycles. The van der Waals surface area contributed by atoms with Crippen molar-refractivity contribution in [3.05, 3.63) is 53.1 Å². The zero-order chi connectivity index (χ0) is 21.5. The molecule has 0 aliphatic carbocycles. The number of anilines is 2. The number of hydrogen-bond acceptors (Lipinski definition) is 4. The monoisotopic (exact) mass is 427 g/mol. The number of hydrogen-bond donors (Lipinski definition) is 3. The van der Waals surface area contributed by atoms with E-state index in [4.69, 9.17) is 16.3 Å². The van der Waals surface area contributed by atoms with Crippen molar-refractivity contribution < 1.29 is 14.3 Å². The topological polar surface area (TPSA) is 79.5 Å². The standard InChI is InChI=1S/C23H26ClN3O3/c1-13(2)10-15-12-17(21(28)25-19-11-14(24)8-9-20(19)30-3)23(27-15)16-6-4-5-7-18(16)26-22(23)29/h4-9,11,13,15,17,27H,10,12H2,1-3H3,(H,25,28)(H,26,29)/t15-,17+,23-/m0/s1. The molecule has 0 radical (unpaired) electrons. The van der Waals surface area contributed by atoms with Gasteiger partial charge in [0.2, 0.25) is 11.8 Å². The molecular weight excluding hydrogens is 402 g/mol. The number of fused-ring (bicyclic) bond motifs is 2. The van der Waals surface area contributed by atoms with Gasteiger partial charge >= 0.3 is 0 Å². The smallest absolute Gasteiger partial charge is 0.250 e. The maximum Gasteiger partial charge on any atom is 0.250 e. The molecule has 0 unspecified atom stereocenters. The van der Waals surface area contributed by atoms with Gasteiger partial charge in [-0.05, 0) is 43.0 Å². The van der Waals surface area contributed by atoms with E-state index in [1.54, 1.807) is 18.2 Å². The lowest BCUT2D eigenvalue weighted by atomic mass is 9.79. The minimum absolute atomic E-state index is 0.0545. The highest BCUT2D eigenvalue weighted by atomic mass is 35.5. The Morgan fingerprint density at radius 2 is 2.07 bits per heavy atom. The van der Waals surface area contributed by atoms with Gasteiger partial charge in [-0.15, -0.1) is 0 Å². The van der Waals surface area contributed by atoms with Crippen molar-refractivity contribution in [1.29, 1.82) is 0 Å². The fourth-order valence-electron chi connectivity index (χ4n) is 4.74. The number of para-hydroxylation sites is 1. The quantitative estimate of drug-likeness (QED) is 0.669. The van der Waals surface area contributed by atoms with Crippen LogP contribution in [0.5, 0.6) is 5.75 Å². The molecule has 0 saturated carbocycles. The zero-order valence-corrected chi connectivity index (χ0v) is 18.0. The van der Waals surface area contributed by atoms with Crippen LogP contribution in [0.4, 0.5) is 11.4 Å². The molecule has 3 atom stereocenters. The van der Waals surface area contributed by atoms with E-state index in [9.17, 15) is 9.59 Å². The molecule has 2 aromatic carbocycles. The van der Waals surface area contributed by atoms with Gasteiger partial charge in [0.25, 0.3) is 0 Å². The molecule has 7 heteroatoms. The molecule has 2 amide bonds. The minimum Gasteiger partial charge on any atom is -0.495 e. The van der Waals surface area contributed by atoms with Gasteiger partial charge in [-0.2, -0.15) is 0 Å². The molecule has 2 aromatic rings. The van der Waals surface area contributed by atoms with Crippen LogP contribution in [0, 0.1) is 11.8 Å². The summed E-state index contributed by atoms with van der Waals surface area (Å²) >= 11 is 6.12. The molecule has 4 rings (SSSR count). The summed E-state index contributed by atoms with van der Waals surface area (Å²) in [4.78, 5) is 26.7. The van der Waals surface area contributed by atoms with Gasteiger partial charge in [0.1, 0.15) is 11.3 Å². The number of amides is 2. The summed E-state index contributed by atoms with van der Waals surface area (Å²) in [7, 11) is 1.54. The van der Waals surface area contributed by atoms with Crippen molar-refractivity contribution in [2.75, 3.05) is 17.7 Å². The Morgan fingerprint density at radius 1 is 1.30 bits per heavy atom. The van der Waals surface area contributed by atoms with E-state index < -0.39 is 11.5 Å². The van der Waals surface area contributed by atoms with Crippen molar-refractivity contribution >= 4 is 34.8 Å². The number of ether oxygens (including phenoxy) is 1. The second-order valence-corrected chi connectivity index (χ2v) is 8.84. The van der Waals surface area contributed by atoms with Gasteiger partial charge in [-0.1, -0.05) is 43.6 Å². The van der Waals surface area contributed by atoms with E-state index in [2.05, 4.69) is 29.8 Å². The second-order valence-electron chi connectivity index (χ2n) is 8.40. The van der Waals surface area contributed by atoms with Crippen LogP contribution in [0.15, 0.2) is 42.5 Å². The zero-order valence-electron chi connectivity index (χ0n) is 17.3. The molecule has 1 fully saturated rings. The predicted octanol–water partition coefficient (Wildman–Crippen LogP) is 4.16. The van der Waals surface area contributed by atoms with E-state index >= 15 is 0 Å². The second kappa shape index (κ2) is 7.93. The highest BCUT2D eigenvalue weighted by Gasteiger charge is 2.60. The molecule has 2 aliphatic rings. The van der Waals surface area contributed by atoms with Gasteiger partial charge in [-0.3, -0.25) is 14.9 Å². The van der Waals surface area contributed by atoms with Gasteiger partial charge in [0.15, 0.2) is 0 Å². The molecular formula is C23H26ClN3O3. The molecule has 1 spiro atoms. The molecule has 0 bridgehead atoms. The minimum atomic E-state index is -1.09. The number of benzene rings is 2. The molecule has 30 heavy (non-hydrogen) atoms. The number of methoxy groups -OCH3 is 1. The van der Waals surface area contributed by atoms with Gasteiger partial charge in [0, 0.05) is 22.3 Å². The van der Waals surface area contributed by atoms with Crippen molar-refractivity contribution in [3.63, 3.8) is 0 Å². The van der Waals surface area contributed by atoms with Crippen LogP contribution in [0.25, 0.3) is 0 Å². The number of halogens is 1. The van der Waals surface area contributed by atoms with Gasteiger partial charge in [0.05, 0.1) is 18.7 Å². The first-order valence-corrected chi connectivity index (χ1v) is 10.6. The van der Waals surface area contributed by atoms with Crippen molar-refractivity contribution in [2.24, 2.45) is 11.8 Å². The molecule has 158 valence electrons. The largest absolute Gasteiger partial charge is 0.495 e. The van der Waals surface area contributed by atoms with E-state index in [1.807, 2.05) is 24.3 Å². The molecule has 0 aromatic heterocycles. The highest BCUT2D eigenvalue weighted by Crippen LogP contribution is 2.48. The average Bonchev–Trinajstić information content (AvgIpc) is 3.20. The third-order valence-electron chi connectivity index (χ3n) is 5.92. The van der Waals surface area contributed by atoms with Crippen LogP contribution in [-0.2, 0) is 15.1 Å². The third kappa shape index (κ3) is 3.44. The first kappa shape index (κ1) is 20.7.